The van der Waals surface area contributed by atoms with Gasteiger partial charge in [-0.05, 0) is 54.6 Å². The summed E-state index contributed by atoms with van der Waals surface area (Å²) in [6, 6.07) is 47.6. The highest BCUT2D eigenvalue weighted by Crippen LogP contribution is 2.38. The van der Waals surface area contributed by atoms with E-state index in [4.69, 9.17) is 9.97 Å². The van der Waals surface area contributed by atoms with Gasteiger partial charge in [0.15, 0.2) is 5.13 Å². The number of para-hydroxylation sites is 4. The maximum Gasteiger partial charge on any atom is 0.195 e. The molecule has 0 bridgehead atoms. The van der Waals surface area contributed by atoms with Gasteiger partial charge in [-0.1, -0.05) is 90.2 Å². The van der Waals surface area contributed by atoms with E-state index < -0.39 is 0 Å². The standard InChI is InChI=1S/C38H22N4S2/c1-5-13-31-25(9-1)26-10-2-6-14-32(26)41(31)24-18-19-29-36(22-24)43-37(39-29)23-17-20-35-30(21-23)40-38(44-35)42-33-15-7-3-11-27(33)28-12-4-8-16-34(28)42/h1-22H. The maximum atomic E-state index is 5.16. The Morgan fingerprint density at radius 2 is 1.00 bits per heavy atom. The minimum Gasteiger partial charge on any atom is -0.309 e. The smallest absolute Gasteiger partial charge is 0.195 e. The molecule has 0 aliphatic rings. The largest absolute Gasteiger partial charge is 0.309 e. The van der Waals surface area contributed by atoms with Crippen LogP contribution in [0.5, 0.6) is 0 Å². The molecule has 0 fully saturated rings. The van der Waals surface area contributed by atoms with Gasteiger partial charge in [0.25, 0.3) is 0 Å². The molecule has 0 radical (unpaired) electrons. The normalized spacial score (nSPS) is 12.1. The van der Waals surface area contributed by atoms with Crippen LogP contribution in [0.4, 0.5) is 0 Å². The first kappa shape index (κ1) is 24.2. The molecule has 0 spiro atoms. The van der Waals surface area contributed by atoms with Crippen molar-refractivity contribution >= 4 is 86.7 Å². The number of rotatable bonds is 3. The third-order valence-electron chi connectivity index (χ3n) is 8.60. The Morgan fingerprint density at radius 1 is 0.432 bits per heavy atom. The molecule has 6 aromatic carbocycles. The average Bonchev–Trinajstić information content (AvgIpc) is 3.84. The first-order valence-corrected chi connectivity index (χ1v) is 16.2. The molecule has 0 saturated heterocycles. The number of fused-ring (bicyclic) bond motifs is 8. The van der Waals surface area contributed by atoms with Gasteiger partial charge >= 0.3 is 0 Å². The van der Waals surface area contributed by atoms with Crippen LogP contribution >= 0.6 is 22.7 Å². The van der Waals surface area contributed by atoms with Crippen LogP contribution in [0.15, 0.2) is 133 Å². The number of aromatic nitrogens is 4. The van der Waals surface area contributed by atoms with Crippen molar-refractivity contribution in [3.63, 3.8) is 0 Å². The van der Waals surface area contributed by atoms with Crippen LogP contribution in [-0.2, 0) is 0 Å². The molecule has 4 aromatic heterocycles. The van der Waals surface area contributed by atoms with Crippen molar-refractivity contribution in [1.82, 2.24) is 19.1 Å². The molecular weight excluding hydrogens is 577 g/mol. The van der Waals surface area contributed by atoms with Gasteiger partial charge in [-0.25, -0.2) is 9.97 Å². The van der Waals surface area contributed by atoms with Crippen LogP contribution in [-0.4, -0.2) is 19.1 Å². The summed E-state index contributed by atoms with van der Waals surface area (Å²) in [6.07, 6.45) is 0. The van der Waals surface area contributed by atoms with E-state index in [1.165, 1.54) is 53.0 Å². The van der Waals surface area contributed by atoms with Crippen LogP contribution in [0.25, 0.3) is 85.4 Å². The summed E-state index contributed by atoms with van der Waals surface area (Å²) in [7, 11) is 0. The fraction of sp³-hybridized carbons (Fsp3) is 0. The number of hydrogen-bond acceptors (Lipinski definition) is 4. The quantitative estimate of drug-likeness (QED) is 0.203. The molecule has 10 rings (SSSR count). The van der Waals surface area contributed by atoms with Crippen LogP contribution in [0.3, 0.4) is 0 Å². The van der Waals surface area contributed by atoms with Gasteiger partial charge in [-0.2, -0.15) is 0 Å². The first-order valence-electron chi connectivity index (χ1n) is 14.6. The van der Waals surface area contributed by atoms with Crippen LogP contribution in [0.2, 0.25) is 0 Å². The Morgan fingerprint density at radius 3 is 1.61 bits per heavy atom. The lowest BCUT2D eigenvalue weighted by atomic mass is 10.2. The molecule has 0 aliphatic carbocycles. The third-order valence-corrected chi connectivity index (χ3v) is 10.7. The molecule has 0 N–H and O–H groups in total. The summed E-state index contributed by atoms with van der Waals surface area (Å²) in [5.41, 5.74) is 9.04. The zero-order valence-corrected chi connectivity index (χ0v) is 24.9. The maximum absolute atomic E-state index is 5.16. The Kier molecular flexibility index (Phi) is 5.00. The minimum atomic E-state index is 0.981. The van der Waals surface area contributed by atoms with E-state index in [1.807, 2.05) is 0 Å². The van der Waals surface area contributed by atoms with E-state index in [-0.39, 0.29) is 0 Å². The second kappa shape index (κ2) is 9.10. The third kappa shape index (κ3) is 3.43. The summed E-state index contributed by atoms with van der Waals surface area (Å²) in [4.78, 5) is 10.2. The second-order valence-corrected chi connectivity index (χ2v) is 13.1. The molecule has 10 aromatic rings. The van der Waals surface area contributed by atoms with Crippen LogP contribution < -0.4 is 0 Å². The number of hydrogen-bond donors (Lipinski definition) is 0. The minimum absolute atomic E-state index is 0.981. The highest BCUT2D eigenvalue weighted by atomic mass is 32.1. The topological polar surface area (TPSA) is 35.6 Å². The highest BCUT2D eigenvalue weighted by Gasteiger charge is 2.17. The second-order valence-electron chi connectivity index (χ2n) is 11.1. The first-order chi connectivity index (χ1) is 21.8. The van der Waals surface area contributed by atoms with E-state index in [0.717, 1.165) is 32.4 Å². The van der Waals surface area contributed by atoms with Crippen molar-refractivity contribution in [2.24, 2.45) is 0 Å². The van der Waals surface area contributed by atoms with Crippen molar-refractivity contribution < 1.29 is 0 Å². The molecule has 0 saturated carbocycles. The summed E-state index contributed by atoms with van der Waals surface area (Å²) in [5.74, 6) is 0. The summed E-state index contributed by atoms with van der Waals surface area (Å²) in [6.45, 7) is 0. The molecule has 4 heterocycles. The van der Waals surface area contributed by atoms with Gasteiger partial charge in [0.1, 0.15) is 5.01 Å². The fourth-order valence-electron chi connectivity index (χ4n) is 6.65. The monoisotopic (exact) mass is 598 g/mol. The van der Waals surface area contributed by atoms with Gasteiger partial charge in [0.05, 0.1) is 42.5 Å². The van der Waals surface area contributed by atoms with Crippen LogP contribution in [0.1, 0.15) is 0 Å². The lowest BCUT2D eigenvalue weighted by Gasteiger charge is -2.07. The van der Waals surface area contributed by atoms with Crippen molar-refractivity contribution in [1.29, 1.82) is 0 Å². The molecule has 0 aliphatic heterocycles. The van der Waals surface area contributed by atoms with Crippen molar-refractivity contribution in [2.75, 3.05) is 0 Å². The molecule has 206 valence electrons. The van der Waals surface area contributed by atoms with E-state index in [0.29, 0.717) is 0 Å². The summed E-state index contributed by atoms with van der Waals surface area (Å²) in [5, 5.41) is 7.02. The number of thiazole rings is 2. The average molecular weight is 599 g/mol. The highest BCUT2D eigenvalue weighted by molar-refractivity contribution is 7.22. The predicted octanol–water partition coefficient (Wildman–Crippen LogP) is 10.8. The molecule has 0 unspecified atom stereocenters. The molecule has 44 heavy (non-hydrogen) atoms. The van der Waals surface area contributed by atoms with Gasteiger partial charge < -0.3 is 4.57 Å². The predicted molar refractivity (Wildman–Crippen MR) is 187 cm³/mol. The van der Waals surface area contributed by atoms with Crippen molar-refractivity contribution in [3.05, 3.63) is 133 Å². The van der Waals surface area contributed by atoms with Crippen molar-refractivity contribution in [3.8, 4) is 21.4 Å². The van der Waals surface area contributed by atoms with Gasteiger partial charge in [0.2, 0.25) is 0 Å². The zero-order valence-electron chi connectivity index (χ0n) is 23.3. The summed E-state index contributed by atoms with van der Waals surface area (Å²) < 4.78 is 6.99. The number of nitrogens with zero attached hydrogens (tertiary/aromatic N) is 4. The number of benzene rings is 6. The summed E-state index contributed by atoms with van der Waals surface area (Å²) >= 11 is 3.46. The lowest BCUT2D eigenvalue weighted by molar-refractivity contribution is 1.15. The van der Waals surface area contributed by atoms with Gasteiger partial charge in [-0.3, -0.25) is 4.57 Å². The van der Waals surface area contributed by atoms with E-state index in [1.54, 1.807) is 22.7 Å². The Balaban J connectivity index is 1.09. The molecule has 6 heteroatoms. The van der Waals surface area contributed by atoms with E-state index in [9.17, 15) is 0 Å². The molecular formula is C38H22N4S2. The molecule has 4 nitrogen and oxygen atoms in total. The van der Waals surface area contributed by atoms with Crippen molar-refractivity contribution in [2.45, 2.75) is 0 Å². The van der Waals surface area contributed by atoms with Crippen LogP contribution in [0, 0.1) is 0 Å². The Hall–Kier alpha value is -5.30. The molecule has 0 atom stereocenters. The van der Waals surface area contributed by atoms with E-state index in [2.05, 4.69) is 143 Å². The van der Waals surface area contributed by atoms with E-state index >= 15 is 0 Å². The lowest BCUT2D eigenvalue weighted by Crippen LogP contribution is -1.92. The fourth-order valence-corrected chi connectivity index (χ4v) is 8.62. The zero-order chi connectivity index (χ0) is 28.8. The SMILES string of the molecule is c1ccc2c(c1)c1ccccc1n2-c1ccc2nc(-c3ccc4sc(-n5c6ccccc6c6ccccc65)nc4c3)sc2c1. The Labute approximate surface area is 259 Å². The molecule has 0 amide bonds. The Bertz CT molecular complexity index is 2520. The van der Waals surface area contributed by atoms with Gasteiger partial charge in [-0.15, -0.1) is 11.3 Å². The van der Waals surface area contributed by atoms with Gasteiger partial charge in [0, 0.05) is 32.8 Å².